The minimum atomic E-state index is 0.0375. The second kappa shape index (κ2) is 6.93. The van der Waals surface area contributed by atoms with Crippen LogP contribution in [-0.4, -0.2) is 19.0 Å². The molecule has 0 N–H and O–H groups in total. The summed E-state index contributed by atoms with van der Waals surface area (Å²) in [6.07, 6.45) is 3.69. The highest BCUT2D eigenvalue weighted by Gasteiger charge is 2.10. The summed E-state index contributed by atoms with van der Waals surface area (Å²) in [5.74, 6) is 0.0375. The van der Waals surface area contributed by atoms with Gasteiger partial charge in [0.25, 0.3) is 0 Å². The third-order valence-electron chi connectivity index (χ3n) is 1.80. The fourth-order valence-electron chi connectivity index (χ4n) is 1.05. The van der Waals surface area contributed by atoms with Gasteiger partial charge < -0.3 is 4.74 Å². The Morgan fingerprint density at radius 2 is 2.47 bits per heavy atom. The summed E-state index contributed by atoms with van der Waals surface area (Å²) >= 11 is 4.75. The fourth-order valence-corrected chi connectivity index (χ4v) is 2.57. The van der Waals surface area contributed by atoms with Crippen LogP contribution < -0.4 is 0 Å². The molecule has 0 amide bonds. The SMILES string of the molecule is C=CCCCOCC(=O)c1sccc1Br. The number of Topliss-reactive ketones (excluding diaryl/α,β-unsaturated/α-hetero) is 1. The van der Waals surface area contributed by atoms with Crippen LogP contribution in [0.1, 0.15) is 22.5 Å². The number of carbonyl (C=O) groups excluding carboxylic acids is 1. The highest BCUT2D eigenvalue weighted by molar-refractivity contribution is 9.10. The zero-order valence-electron chi connectivity index (χ0n) is 8.37. The number of carbonyl (C=O) groups is 1. The first kappa shape index (κ1) is 12.6. The number of rotatable bonds is 7. The van der Waals surface area contributed by atoms with Crippen LogP contribution in [0.4, 0.5) is 0 Å². The molecule has 0 aliphatic heterocycles. The van der Waals surface area contributed by atoms with Crippen molar-refractivity contribution in [2.24, 2.45) is 0 Å². The van der Waals surface area contributed by atoms with E-state index in [1.165, 1.54) is 11.3 Å². The first-order chi connectivity index (χ1) is 7.25. The number of hydrogen-bond acceptors (Lipinski definition) is 3. The molecule has 0 fully saturated rings. The normalized spacial score (nSPS) is 10.2. The molecule has 1 heterocycles. The van der Waals surface area contributed by atoms with Gasteiger partial charge in [-0.25, -0.2) is 0 Å². The van der Waals surface area contributed by atoms with Crippen molar-refractivity contribution in [3.05, 3.63) is 33.5 Å². The van der Waals surface area contributed by atoms with Gasteiger partial charge in [0.1, 0.15) is 6.61 Å². The van der Waals surface area contributed by atoms with Gasteiger partial charge >= 0.3 is 0 Å². The standard InChI is InChI=1S/C11H13BrO2S/c1-2-3-4-6-14-8-10(13)11-9(12)5-7-15-11/h2,5,7H,1,3-4,6,8H2. The molecule has 0 aromatic carbocycles. The van der Waals surface area contributed by atoms with E-state index in [1.54, 1.807) is 0 Å². The lowest BCUT2D eigenvalue weighted by atomic mass is 10.3. The maximum Gasteiger partial charge on any atom is 0.199 e. The Balaban J connectivity index is 2.25. The van der Waals surface area contributed by atoms with Gasteiger partial charge in [-0.1, -0.05) is 6.08 Å². The van der Waals surface area contributed by atoms with Gasteiger partial charge in [-0.15, -0.1) is 17.9 Å². The van der Waals surface area contributed by atoms with E-state index in [9.17, 15) is 4.79 Å². The second-order valence-electron chi connectivity index (χ2n) is 3.00. The van der Waals surface area contributed by atoms with Crippen LogP contribution in [0.3, 0.4) is 0 Å². The first-order valence-corrected chi connectivity index (χ1v) is 6.37. The fraction of sp³-hybridized carbons (Fsp3) is 0.364. The highest BCUT2D eigenvalue weighted by atomic mass is 79.9. The zero-order valence-corrected chi connectivity index (χ0v) is 10.8. The maximum atomic E-state index is 11.6. The van der Waals surface area contributed by atoms with Gasteiger partial charge in [-0.2, -0.15) is 0 Å². The summed E-state index contributed by atoms with van der Waals surface area (Å²) in [7, 11) is 0. The number of allylic oxidation sites excluding steroid dienone is 1. The minimum absolute atomic E-state index is 0.0375. The summed E-state index contributed by atoms with van der Waals surface area (Å²) in [6, 6.07) is 1.87. The minimum Gasteiger partial charge on any atom is -0.373 e. The van der Waals surface area contributed by atoms with Crippen LogP contribution in [0, 0.1) is 0 Å². The Hall–Kier alpha value is -0.450. The summed E-state index contributed by atoms with van der Waals surface area (Å²) in [5.41, 5.74) is 0. The molecule has 0 saturated carbocycles. The van der Waals surface area contributed by atoms with Gasteiger partial charge in [0.05, 0.1) is 4.88 Å². The molecule has 1 aromatic heterocycles. The Bertz CT molecular complexity index is 333. The van der Waals surface area contributed by atoms with Crippen LogP contribution in [-0.2, 0) is 4.74 Å². The van der Waals surface area contributed by atoms with Crippen LogP contribution >= 0.6 is 27.3 Å². The van der Waals surface area contributed by atoms with E-state index in [0.29, 0.717) is 6.61 Å². The van der Waals surface area contributed by atoms with E-state index in [-0.39, 0.29) is 12.4 Å². The second-order valence-corrected chi connectivity index (χ2v) is 4.77. The monoisotopic (exact) mass is 288 g/mol. The summed E-state index contributed by atoms with van der Waals surface area (Å²) < 4.78 is 6.12. The van der Waals surface area contributed by atoms with E-state index < -0.39 is 0 Å². The molecule has 1 aromatic rings. The number of ether oxygens (including phenoxy) is 1. The van der Waals surface area contributed by atoms with Crippen LogP contribution in [0.15, 0.2) is 28.6 Å². The quantitative estimate of drug-likeness (QED) is 0.435. The van der Waals surface area contributed by atoms with Crippen molar-refractivity contribution in [2.45, 2.75) is 12.8 Å². The topological polar surface area (TPSA) is 26.3 Å². The number of thiophene rings is 1. The van der Waals surface area contributed by atoms with Gasteiger partial charge in [-0.3, -0.25) is 4.79 Å². The van der Waals surface area contributed by atoms with Crippen molar-refractivity contribution in [2.75, 3.05) is 13.2 Å². The van der Waals surface area contributed by atoms with E-state index in [4.69, 9.17) is 4.74 Å². The maximum absolute atomic E-state index is 11.6. The molecular formula is C11H13BrO2S. The number of ketones is 1. The van der Waals surface area contributed by atoms with Crippen molar-refractivity contribution in [3.8, 4) is 0 Å². The van der Waals surface area contributed by atoms with E-state index >= 15 is 0 Å². The van der Waals surface area contributed by atoms with Crippen molar-refractivity contribution >= 4 is 33.0 Å². The molecule has 0 bridgehead atoms. The third-order valence-corrected chi connectivity index (χ3v) is 3.68. The summed E-state index contributed by atoms with van der Waals surface area (Å²) in [5, 5.41) is 1.88. The van der Waals surface area contributed by atoms with Crippen LogP contribution in [0.2, 0.25) is 0 Å². The lowest BCUT2D eigenvalue weighted by Crippen LogP contribution is -2.08. The van der Waals surface area contributed by atoms with E-state index in [2.05, 4.69) is 22.5 Å². The zero-order chi connectivity index (χ0) is 11.1. The summed E-state index contributed by atoms with van der Waals surface area (Å²) in [4.78, 5) is 12.3. The van der Waals surface area contributed by atoms with Gasteiger partial charge in [0, 0.05) is 11.1 Å². The summed E-state index contributed by atoms with van der Waals surface area (Å²) in [6.45, 7) is 4.39. The van der Waals surface area contributed by atoms with Crippen LogP contribution in [0.5, 0.6) is 0 Å². The molecule has 0 radical (unpaired) electrons. The molecule has 0 aliphatic rings. The molecule has 0 unspecified atom stereocenters. The van der Waals surface area contributed by atoms with Crippen molar-refractivity contribution in [3.63, 3.8) is 0 Å². The molecule has 82 valence electrons. The van der Waals surface area contributed by atoms with Crippen molar-refractivity contribution in [1.29, 1.82) is 0 Å². The van der Waals surface area contributed by atoms with Crippen molar-refractivity contribution in [1.82, 2.24) is 0 Å². The molecular weight excluding hydrogens is 276 g/mol. The largest absolute Gasteiger partial charge is 0.373 e. The van der Waals surface area contributed by atoms with Crippen LogP contribution in [0.25, 0.3) is 0 Å². The molecule has 0 aliphatic carbocycles. The number of hydrogen-bond donors (Lipinski definition) is 0. The Labute approximate surface area is 102 Å². The van der Waals surface area contributed by atoms with Gasteiger partial charge in [-0.05, 0) is 40.2 Å². The first-order valence-electron chi connectivity index (χ1n) is 4.70. The Morgan fingerprint density at radius 3 is 3.07 bits per heavy atom. The lowest BCUT2D eigenvalue weighted by Gasteiger charge is -2.01. The molecule has 2 nitrogen and oxygen atoms in total. The predicted octanol–water partition coefficient (Wildman–Crippen LogP) is 3.68. The predicted molar refractivity (Wildman–Crippen MR) is 66.6 cm³/mol. The molecule has 0 atom stereocenters. The average Bonchev–Trinajstić information content (AvgIpc) is 2.64. The Kier molecular flexibility index (Phi) is 5.83. The average molecular weight is 289 g/mol. The molecule has 0 spiro atoms. The highest BCUT2D eigenvalue weighted by Crippen LogP contribution is 2.22. The van der Waals surface area contributed by atoms with Gasteiger partial charge in [0.15, 0.2) is 5.78 Å². The van der Waals surface area contributed by atoms with Gasteiger partial charge in [0.2, 0.25) is 0 Å². The smallest absolute Gasteiger partial charge is 0.199 e. The number of halogens is 1. The third kappa shape index (κ3) is 4.28. The lowest BCUT2D eigenvalue weighted by molar-refractivity contribution is 0.0760. The number of unbranched alkanes of at least 4 members (excludes halogenated alkanes) is 1. The van der Waals surface area contributed by atoms with Crippen molar-refractivity contribution < 1.29 is 9.53 Å². The Morgan fingerprint density at radius 1 is 1.67 bits per heavy atom. The molecule has 0 saturated heterocycles. The molecule has 1 rings (SSSR count). The van der Waals surface area contributed by atoms with E-state index in [1.807, 2.05) is 17.5 Å². The molecule has 4 heteroatoms. The molecule has 15 heavy (non-hydrogen) atoms. The van der Waals surface area contributed by atoms with E-state index in [0.717, 1.165) is 22.2 Å².